The molecule has 4 rings (SSSR count). The molecule has 0 spiro atoms. The van der Waals surface area contributed by atoms with Crippen molar-refractivity contribution < 1.29 is 4.79 Å². The first-order valence-corrected chi connectivity index (χ1v) is 11.5. The summed E-state index contributed by atoms with van der Waals surface area (Å²) in [6.07, 6.45) is 5.89. The van der Waals surface area contributed by atoms with Crippen LogP contribution in [0.25, 0.3) is 0 Å². The molecular weight excluding hydrogens is 386 g/mol. The van der Waals surface area contributed by atoms with Crippen molar-refractivity contribution in [3.8, 4) is 0 Å². The zero-order valence-corrected chi connectivity index (χ0v) is 18.3. The van der Waals surface area contributed by atoms with Crippen molar-refractivity contribution in [1.82, 2.24) is 14.7 Å². The van der Waals surface area contributed by atoms with E-state index in [1.807, 2.05) is 23.1 Å². The topological polar surface area (TPSA) is 42.1 Å². The molecule has 1 atom stereocenters. The van der Waals surface area contributed by atoms with Crippen LogP contribution >= 0.6 is 11.6 Å². The first kappa shape index (κ1) is 20.8. The minimum atomic E-state index is -0.00369. The molecule has 0 saturated carbocycles. The van der Waals surface area contributed by atoms with Gasteiger partial charge in [0.05, 0.1) is 10.7 Å². The fraction of sp³-hybridized carbons (Fsp3) is 0.682. The van der Waals surface area contributed by atoms with Crippen LogP contribution in [0, 0.1) is 0 Å². The number of halogens is 1. The van der Waals surface area contributed by atoms with Gasteiger partial charge in [-0.1, -0.05) is 18.0 Å². The summed E-state index contributed by atoms with van der Waals surface area (Å²) >= 11 is 6.52. The summed E-state index contributed by atoms with van der Waals surface area (Å²) in [5, 5.41) is 3.80. The summed E-state index contributed by atoms with van der Waals surface area (Å²) in [5.74, 6) is 0. The van der Waals surface area contributed by atoms with Crippen LogP contribution in [0.4, 0.5) is 16.2 Å². The Bertz CT molecular complexity index is 700. The quantitative estimate of drug-likeness (QED) is 0.813. The Morgan fingerprint density at radius 1 is 1.00 bits per heavy atom. The number of amides is 2. The van der Waals surface area contributed by atoms with Crippen LogP contribution in [0.15, 0.2) is 18.2 Å². The van der Waals surface area contributed by atoms with Crippen LogP contribution in [0.1, 0.15) is 32.1 Å². The molecule has 0 aliphatic carbocycles. The monoisotopic (exact) mass is 419 g/mol. The summed E-state index contributed by atoms with van der Waals surface area (Å²) in [6, 6.07) is 6.38. The third kappa shape index (κ3) is 5.16. The minimum Gasteiger partial charge on any atom is -0.370 e. The number of carbonyl (C=O) groups excluding carboxylic acids is 1. The summed E-state index contributed by atoms with van der Waals surface area (Å²) in [4.78, 5) is 22.3. The highest BCUT2D eigenvalue weighted by Crippen LogP contribution is 2.31. The molecule has 6 nitrogen and oxygen atoms in total. The predicted molar refractivity (Wildman–Crippen MR) is 120 cm³/mol. The highest BCUT2D eigenvalue weighted by Gasteiger charge is 2.28. The van der Waals surface area contributed by atoms with Crippen LogP contribution in [0.5, 0.6) is 0 Å². The maximum atomic E-state index is 13.0. The molecule has 0 radical (unpaired) electrons. The molecule has 2 amide bonds. The van der Waals surface area contributed by atoms with Crippen LogP contribution < -0.4 is 10.2 Å². The van der Waals surface area contributed by atoms with E-state index >= 15 is 0 Å². The molecule has 160 valence electrons. The molecule has 7 heteroatoms. The molecule has 0 aromatic heterocycles. The van der Waals surface area contributed by atoms with Gasteiger partial charge in [0.2, 0.25) is 0 Å². The van der Waals surface area contributed by atoms with E-state index in [0.717, 1.165) is 75.2 Å². The zero-order valence-electron chi connectivity index (χ0n) is 17.6. The van der Waals surface area contributed by atoms with E-state index in [4.69, 9.17) is 11.6 Å². The Hall–Kier alpha value is -1.50. The van der Waals surface area contributed by atoms with Crippen LogP contribution in [0.3, 0.4) is 0 Å². The minimum absolute atomic E-state index is 0.00369. The fourth-order valence-corrected chi connectivity index (χ4v) is 5.09. The number of benzene rings is 1. The largest absolute Gasteiger partial charge is 0.370 e. The molecule has 3 aliphatic heterocycles. The second-order valence-corrected chi connectivity index (χ2v) is 9.13. The average molecular weight is 420 g/mol. The van der Waals surface area contributed by atoms with E-state index in [1.165, 1.54) is 25.7 Å². The average Bonchev–Trinajstić information content (AvgIpc) is 3.12. The molecule has 3 aliphatic rings. The van der Waals surface area contributed by atoms with E-state index in [0.29, 0.717) is 6.04 Å². The van der Waals surface area contributed by atoms with Crippen molar-refractivity contribution in [3.63, 3.8) is 0 Å². The second kappa shape index (κ2) is 9.54. The number of likely N-dealkylation sites (tertiary alicyclic amines) is 1. The number of rotatable bonds is 3. The number of hydrogen-bond acceptors (Lipinski definition) is 4. The molecule has 0 bridgehead atoms. The number of carbonyl (C=O) groups is 1. The molecule has 1 N–H and O–H groups in total. The smallest absolute Gasteiger partial charge is 0.321 e. The van der Waals surface area contributed by atoms with Gasteiger partial charge >= 0.3 is 6.03 Å². The van der Waals surface area contributed by atoms with Gasteiger partial charge in [0.15, 0.2) is 0 Å². The molecule has 3 fully saturated rings. The molecule has 1 unspecified atom stereocenters. The second-order valence-electron chi connectivity index (χ2n) is 8.73. The van der Waals surface area contributed by atoms with Gasteiger partial charge in [-0.3, -0.25) is 4.90 Å². The summed E-state index contributed by atoms with van der Waals surface area (Å²) in [6.45, 7) is 8.20. The predicted octanol–water partition coefficient (Wildman–Crippen LogP) is 3.57. The zero-order chi connectivity index (χ0) is 20.2. The first-order valence-electron chi connectivity index (χ1n) is 11.1. The highest BCUT2D eigenvalue weighted by atomic mass is 35.5. The van der Waals surface area contributed by atoms with Crippen molar-refractivity contribution in [3.05, 3.63) is 23.2 Å². The number of likely N-dealkylation sites (N-methyl/N-ethyl adjacent to an activating group) is 1. The molecule has 3 heterocycles. The number of urea groups is 1. The van der Waals surface area contributed by atoms with E-state index < -0.39 is 0 Å². The van der Waals surface area contributed by atoms with Gasteiger partial charge in [-0.15, -0.1) is 0 Å². The Kier molecular flexibility index (Phi) is 6.83. The maximum Gasteiger partial charge on any atom is 0.321 e. The van der Waals surface area contributed by atoms with Gasteiger partial charge in [0.25, 0.3) is 0 Å². The molecule has 29 heavy (non-hydrogen) atoms. The molecular formula is C22H34ClN5O. The summed E-state index contributed by atoms with van der Waals surface area (Å²) in [5.41, 5.74) is 1.86. The number of piperazine rings is 1. The lowest BCUT2D eigenvalue weighted by atomic mass is 10.1. The number of nitrogens with zero attached hydrogens (tertiary/aromatic N) is 4. The van der Waals surface area contributed by atoms with Gasteiger partial charge in [-0.2, -0.15) is 0 Å². The normalized spacial score (nSPS) is 24.6. The van der Waals surface area contributed by atoms with Gasteiger partial charge in [-0.05, 0) is 50.9 Å². The van der Waals surface area contributed by atoms with Crippen LogP contribution in [-0.2, 0) is 0 Å². The Morgan fingerprint density at radius 2 is 1.72 bits per heavy atom. The van der Waals surface area contributed by atoms with Gasteiger partial charge < -0.3 is 20.0 Å². The summed E-state index contributed by atoms with van der Waals surface area (Å²) in [7, 11) is 2.18. The molecule has 1 aromatic rings. The highest BCUT2D eigenvalue weighted by molar-refractivity contribution is 6.33. The van der Waals surface area contributed by atoms with E-state index in [-0.39, 0.29) is 6.03 Å². The standard InChI is InChI=1S/C22H34ClN5O/c1-25-12-14-26(15-13-25)19-6-2-3-11-28(17-19)22(29)24-18-7-8-21(20(23)16-18)27-9-4-5-10-27/h7-8,16,19H,2-6,9-15,17H2,1H3,(H,24,29). The van der Waals surface area contributed by atoms with E-state index in [9.17, 15) is 4.79 Å². The van der Waals surface area contributed by atoms with E-state index in [2.05, 4.69) is 27.1 Å². The van der Waals surface area contributed by atoms with E-state index in [1.54, 1.807) is 0 Å². The van der Waals surface area contributed by atoms with Crippen molar-refractivity contribution >= 4 is 29.0 Å². The third-order valence-electron chi connectivity index (χ3n) is 6.63. The summed E-state index contributed by atoms with van der Waals surface area (Å²) < 4.78 is 0. The Balaban J connectivity index is 1.37. The van der Waals surface area contributed by atoms with Gasteiger partial charge in [-0.25, -0.2) is 4.79 Å². The van der Waals surface area contributed by atoms with Crippen molar-refractivity contribution in [2.75, 3.05) is 69.6 Å². The Labute approximate surface area is 179 Å². The maximum absolute atomic E-state index is 13.0. The van der Waals surface area contributed by atoms with Crippen LogP contribution in [-0.4, -0.2) is 86.2 Å². The molecule has 3 saturated heterocycles. The van der Waals surface area contributed by atoms with Gasteiger partial charge in [0, 0.05) is 64.1 Å². The lowest BCUT2D eigenvalue weighted by Gasteiger charge is -2.39. The number of nitrogens with one attached hydrogen (secondary N) is 1. The lowest BCUT2D eigenvalue weighted by molar-refractivity contribution is 0.0948. The lowest BCUT2D eigenvalue weighted by Crippen LogP contribution is -2.52. The molecule has 1 aromatic carbocycles. The first-order chi connectivity index (χ1) is 14.1. The third-order valence-corrected chi connectivity index (χ3v) is 6.94. The SMILES string of the molecule is CN1CCN(C2CCCCN(C(=O)Nc3ccc(N4CCCC4)c(Cl)c3)C2)CC1. The van der Waals surface area contributed by atoms with Crippen LogP contribution in [0.2, 0.25) is 5.02 Å². The van der Waals surface area contributed by atoms with Crippen molar-refractivity contribution in [2.24, 2.45) is 0 Å². The Morgan fingerprint density at radius 3 is 2.45 bits per heavy atom. The number of hydrogen-bond donors (Lipinski definition) is 1. The van der Waals surface area contributed by atoms with Crippen molar-refractivity contribution in [1.29, 1.82) is 0 Å². The van der Waals surface area contributed by atoms with Crippen molar-refractivity contribution in [2.45, 2.75) is 38.1 Å². The van der Waals surface area contributed by atoms with Gasteiger partial charge in [0.1, 0.15) is 0 Å². The fourth-order valence-electron chi connectivity index (χ4n) is 4.79. The number of anilines is 2.